The van der Waals surface area contributed by atoms with Crippen molar-refractivity contribution in [1.29, 1.82) is 0 Å². The number of anilines is 1. The van der Waals surface area contributed by atoms with Crippen molar-refractivity contribution in [2.24, 2.45) is 0 Å². The third-order valence-corrected chi connectivity index (χ3v) is 6.20. The third kappa shape index (κ3) is 4.78. The molecule has 2 aromatic rings. The van der Waals surface area contributed by atoms with Gasteiger partial charge in [-0.3, -0.25) is 4.79 Å². The molecule has 1 aliphatic heterocycles. The highest BCUT2D eigenvalue weighted by Crippen LogP contribution is 2.20. The van der Waals surface area contributed by atoms with Crippen LogP contribution in [-0.4, -0.2) is 52.0 Å². The van der Waals surface area contributed by atoms with Gasteiger partial charge >= 0.3 is 0 Å². The summed E-state index contributed by atoms with van der Waals surface area (Å²) < 4.78 is 37.0. The number of morpholine rings is 1. The van der Waals surface area contributed by atoms with E-state index in [1.165, 1.54) is 22.5 Å². The molecule has 28 heavy (non-hydrogen) atoms. The quantitative estimate of drug-likeness (QED) is 0.750. The Morgan fingerprint density at radius 2 is 1.79 bits per heavy atom. The van der Waals surface area contributed by atoms with Crippen LogP contribution in [0.15, 0.2) is 59.5 Å². The summed E-state index contributed by atoms with van der Waals surface area (Å²) in [5.41, 5.74) is 1.29. The zero-order chi connectivity index (χ0) is 20.0. The molecule has 1 heterocycles. The summed E-state index contributed by atoms with van der Waals surface area (Å²) in [4.78, 5) is 12.3. The van der Waals surface area contributed by atoms with E-state index in [9.17, 15) is 13.2 Å². The summed E-state index contributed by atoms with van der Waals surface area (Å²) in [7, 11) is -1.98. The van der Waals surface area contributed by atoms with Gasteiger partial charge in [-0.1, -0.05) is 18.2 Å². The Morgan fingerprint density at radius 1 is 1.11 bits per heavy atom. The fourth-order valence-electron chi connectivity index (χ4n) is 2.80. The Hall–Kier alpha value is -2.68. The minimum atomic E-state index is -3.55. The molecule has 3 rings (SSSR count). The zero-order valence-electron chi connectivity index (χ0n) is 15.5. The van der Waals surface area contributed by atoms with Gasteiger partial charge < -0.3 is 14.8 Å². The van der Waals surface area contributed by atoms with Crippen molar-refractivity contribution < 1.29 is 22.7 Å². The predicted molar refractivity (Wildman–Crippen MR) is 107 cm³/mol. The topological polar surface area (TPSA) is 84.9 Å². The van der Waals surface area contributed by atoms with Gasteiger partial charge in [0.25, 0.3) is 0 Å². The number of carbonyl (C=O) groups excluding carboxylic acids is 1. The molecule has 0 saturated carbocycles. The predicted octanol–water partition coefficient (Wildman–Crippen LogP) is 2.37. The van der Waals surface area contributed by atoms with Crippen LogP contribution in [0.4, 0.5) is 5.69 Å². The lowest BCUT2D eigenvalue weighted by Crippen LogP contribution is -2.40. The highest BCUT2D eigenvalue weighted by molar-refractivity contribution is 7.89. The van der Waals surface area contributed by atoms with Gasteiger partial charge in [0.15, 0.2) is 0 Å². The van der Waals surface area contributed by atoms with Crippen LogP contribution < -0.4 is 10.1 Å². The molecule has 0 atom stereocenters. The first kappa shape index (κ1) is 20.1. The summed E-state index contributed by atoms with van der Waals surface area (Å²) in [6, 6.07) is 13.5. The van der Waals surface area contributed by atoms with Gasteiger partial charge in [-0.15, -0.1) is 0 Å². The van der Waals surface area contributed by atoms with Gasteiger partial charge in [0.2, 0.25) is 15.9 Å². The number of rotatable bonds is 6. The van der Waals surface area contributed by atoms with E-state index >= 15 is 0 Å². The van der Waals surface area contributed by atoms with Crippen LogP contribution in [0.3, 0.4) is 0 Å². The lowest BCUT2D eigenvalue weighted by Gasteiger charge is -2.26. The minimum absolute atomic E-state index is 0.192. The maximum absolute atomic E-state index is 12.6. The van der Waals surface area contributed by atoms with Crippen molar-refractivity contribution >= 4 is 27.7 Å². The molecule has 148 valence electrons. The summed E-state index contributed by atoms with van der Waals surface area (Å²) >= 11 is 0. The standard InChI is InChI=1S/C20H22N2O5S/c1-26-19-5-3-2-4-16(19)6-11-20(23)21-17-7-9-18(10-8-17)28(24,25)22-12-14-27-15-13-22/h2-11H,12-15H2,1H3,(H,21,23)/b11-6+. The fourth-order valence-corrected chi connectivity index (χ4v) is 4.21. The lowest BCUT2D eigenvalue weighted by atomic mass is 10.2. The molecule has 1 amide bonds. The van der Waals surface area contributed by atoms with Crippen molar-refractivity contribution in [3.05, 3.63) is 60.2 Å². The van der Waals surface area contributed by atoms with E-state index in [0.717, 1.165) is 5.56 Å². The van der Waals surface area contributed by atoms with E-state index < -0.39 is 10.0 Å². The van der Waals surface area contributed by atoms with E-state index in [0.29, 0.717) is 37.7 Å². The summed E-state index contributed by atoms with van der Waals surface area (Å²) in [6.45, 7) is 1.47. The Balaban J connectivity index is 1.65. The van der Waals surface area contributed by atoms with Crippen molar-refractivity contribution in [1.82, 2.24) is 4.31 Å². The van der Waals surface area contributed by atoms with Gasteiger partial charge in [0.05, 0.1) is 25.2 Å². The van der Waals surface area contributed by atoms with Crippen LogP contribution in [0.2, 0.25) is 0 Å². The van der Waals surface area contributed by atoms with Gasteiger partial charge in [0.1, 0.15) is 5.75 Å². The van der Waals surface area contributed by atoms with Crippen molar-refractivity contribution in [3.8, 4) is 5.75 Å². The lowest BCUT2D eigenvalue weighted by molar-refractivity contribution is -0.111. The molecule has 1 N–H and O–H groups in total. The van der Waals surface area contributed by atoms with Gasteiger partial charge in [0, 0.05) is 30.4 Å². The molecule has 0 spiro atoms. The van der Waals surface area contributed by atoms with E-state index in [-0.39, 0.29) is 10.8 Å². The second-order valence-electron chi connectivity index (χ2n) is 6.11. The fraction of sp³-hybridized carbons (Fsp3) is 0.250. The number of ether oxygens (including phenoxy) is 2. The van der Waals surface area contributed by atoms with Gasteiger partial charge in [-0.25, -0.2) is 8.42 Å². The third-order valence-electron chi connectivity index (χ3n) is 4.28. The van der Waals surface area contributed by atoms with Crippen LogP contribution in [-0.2, 0) is 19.6 Å². The minimum Gasteiger partial charge on any atom is -0.496 e. The van der Waals surface area contributed by atoms with Crippen LogP contribution >= 0.6 is 0 Å². The van der Waals surface area contributed by atoms with Crippen molar-refractivity contribution in [2.75, 3.05) is 38.7 Å². The molecular formula is C20H22N2O5S. The van der Waals surface area contributed by atoms with E-state index in [1.54, 1.807) is 25.3 Å². The normalized spacial score (nSPS) is 15.5. The molecule has 1 aliphatic rings. The SMILES string of the molecule is COc1ccccc1/C=C/C(=O)Nc1ccc(S(=O)(=O)N2CCOCC2)cc1. The summed E-state index contributed by atoms with van der Waals surface area (Å²) in [6.07, 6.45) is 3.06. The number of nitrogens with zero attached hydrogens (tertiary/aromatic N) is 1. The number of amides is 1. The molecule has 0 aliphatic carbocycles. The molecule has 1 saturated heterocycles. The van der Waals surface area contributed by atoms with Crippen molar-refractivity contribution in [3.63, 3.8) is 0 Å². The number of hydrogen-bond donors (Lipinski definition) is 1. The van der Waals surface area contributed by atoms with Crippen LogP contribution in [0.25, 0.3) is 6.08 Å². The first-order valence-electron chi connectivity index (χ1n) is 8.81. The molecule has 0 aromatic heterocycles. The summed E-state index contributed by atoms with van der Waals surface area (Å²) in [5, 5.41) is 2.71. The van der Waals surface area contributed by atoms with E-state index in [4.69, 9.17) is 9.47 Å². The smallest absolute Gasteiger partial charge is 0.248 e. The maximum Gasteiger partial charge on any atom is 0.248 e. The monoisotopic (exact) mass is 402 g/mol. The molecule has 0 bridgehead atoms. The number of sulfonamides is 1. The van der Waals surface area contributed by atoms with Crippen LogP contribution in [0, 0.1) is 0 Å². The zero-order valence-corrected chi connectivity index (χ0v) is 16.3. The Labute approximate surface area is 164 Å². The highest BCUT2D eigenvalue weighted by Gasteiger charge is 2.26. The maximum atomic E-state index is 12.6. The van der Waals surface area contributed by atoms with Crippen LogP contribution in [0.5, 0.6) is 5.75 Å². The first-order chi connectivity index (χ1) is 13.5. The average Bonchev–Trinajstić information content (AvgIpc) is 2.73. The Bertz CT molecular complexity index is 949. The Kier molecular flexibility index (Phi) is 6.45. The molecular weight excluding hydrogens is 380 g/mol. The van der Waals surface area contributed by atoms with Crippen LogP contribution in [0.1, 0.15) is 5.56 Å². The average molecular weight is 402 g/mol. The molecule has 2 aromatic carbocycles. The molecule has 0 radical (unpaired) electrons. The summed E-state index contributed by atoms with van der Waals surface area (Å²) in [5.74, 6) is 0.346. The largest absolute Gasteiger partial charge is 0.496 e. The molecule has 1 fully saturated rings. The number of carbonyl (C=O) groups is 1. The van der Waals surface area contributed by atoms with E-state index in [2.05, 4.69) is 5.32 Å². The number of hydrogen-bond acceptors (Lipinski definition) is 5. The second kappa shape index (κ2) is 9.01. The molecule has 0 unspecified atom stereocenters. The van der Waals surface area contributed by atoms with Crippen molar-refractivity contribution in [2.45, 2.75) is 4.90 Å². The Morgan fingerprint density at radius 3 is 2.46 bits per heavy atom. The number of benzene rings is 2. The number of methoxy groups -OCH3 is 1. The number of para-hydroxylation sites is 1. The second-order valence-corrected chi connectivity index (χ2v) is 8.04. The van der Waals surface area contributed by atoms with Gasteiger partial charge in [-0.2, -0.15) is 4.31 Å². The highest BCUT2D eigenvalue weighted by atomic mass is 32.2. The molecule has 8 heteroatoms. The molecule has 7 nitrogen and oxygen atoms in total. The van der Waals surface area contributed by atoms with Gasteiger partial charge in [-0.05, 0) is 36.4 Å². The number of nitrogens with one attached hydrogen (secondary N) is 1. The van der Waals surface area contributed by atoms with E-state index in [1.807, 2.05) is 24.3 Å². The first-order valence-corrected chi connectivity index (χ1v) is 10.2.